The van der Waals surface area contributed by atoms with Gasteiger partial charge in [-0.05, 0) is 57.2 Å². The number of rotatable bonds is 7. The molecule has 0 aliphatic heterocycles. The summed E-state index contributed by atoms with van der Waals surface area (Å²) in [4.78, 5) is 11.7. The minimum atomic E-state index is -0.493. The monoisotopic (exact) mass is 320 g/mol. The molecule has 1 aromatic rings. The Bertz CT molecular complexity index is 504. The van der Waals surface area contributed by atoms with Crippen LogP contribution in [0, 0.1) is 5.92 Å². The van der Waals surface area contributed by atoms with Crippen molar-refractivity contribution >= 4 is 11.8 Å². The van der Waals surface area contributed by atoms with Crippen LogP contribution in [-0.2, 0) is 16.0 Å². The van der Waals surface area contributed by atoms with Crippen LogP contribution >= 0.6 is 0 Å². The van der Waals surface area contributed by atoms with E-state index >= 15 is 0 Å². The van der Waals surface area contributed by atoms with E-state index in [1.807, 2.05) is 45.0 Å². The summed E-state index contributed by atoms with van der Waals surface area (Å²) in [6.45, 7) is 7.09. The molecule has 128 valence electrons. The Morgan fingerprint density at radius 2 is 1.91 bits per heavy atom. The number of benzene rings is 1. The van der Waals surface area contributed by atoms with Gasteiger partial charge in [-0.2, -0.15) is 0 Å². The molecule has 5 heteroatoms. The van der Waals surface area contributed by atoms with Gasteiger partial charge in [0.05, 0.1) is 6.61 Å². The first kappa shape index (κ1) is 17.8. The fraction of sp³-hybridized carbons (Fsp3) is 0.611. The average molecular weight is 320 g/mol. The summed E-state index contributed by atoms with van der Waals surface area (Å²) in [7, 11) is 1.74. The van der Waals surface area contributed by atoms with Gasteiger partial charge in [0.2, 0.25) is 0 Å². The molecule has 0 heterocycles. The SMILES string of the molecule is COCC(NCc1ccc(NC(=O)OC(C)(C)C)cc1)C1CC1. The molecule has 2 rings (SSSR count). The number of ether oxygens (including phenoxy) is 2. The van der Waals surface area contributed by atoms with Crippen molar-refractivity contribution in [2.24, 2.45) is 5.92 Å². The van der Waals surface area contributed by atoms with Crippen molar-refractivity contribution in [2.75, 3.05) is 19.0 Å². The number of anilines is 1. The fourth-order valence-electron chi connectivity index (χ4n) is 2.42. The highest BCUT2D eigenvalue weighted by atomic mass is 16.6. The second-order valence-corrected chi connectivity index (χ2v) is 7.10. The largest absolute Gasteiger partial charge is 0.444 e. The second kappa shape index (κ2) is 7.79. The Balaban J connectivity index is 1.80. The van der Waals surface area contributed by atoms with E-state index < -0.39 is 11.7 Å². The van der Waals surface area contributed by atoms with Gasteiger partial charge in [-0.15, -0.1) is 0 Å². The normalized spacial score (nSPS) is 16.0. The van der Waals surface area contributed by atoms with Crippen LogP contribution in [0.1, 0.15) is 39.2 Å². The molecule has 1 aromatic carbocycles. The number of carbonyl (C=O) groups is 1. The zero-order chi connectivity index (χ0) is 16.9. The number of carbonyl (C=O) groups excluding carboxylic acids is 1. The summed E-state index contributed by atoms with van der Waals surface area (Å²) >= 11 is 0. The molecule has 1 amide bonds. The van der Waals surface area contributed by atoms with Crippen molar-refractivity contribution in [3.05, 3.63) is 29.8 Å². The van der Waals surface area contributed by atoms with Crippen molar-refractivity contribution in [1.29, 1.82) is 0 Å². The molecule has 0 radical (unpaired) electrons. The lowest BCUT2D eigenvalue weighted by Crippen LogP contribution is -2.34. The molecule has 0 bridgehead atoms. The Kier molecular flexibility index (Phi) is 6.02. The fourth-order valence-corrected chi connectivity index (χ4v) is 2.42. The van der Waals surface area contributed by atoms with Gasteiger partial charge < -0.3 is 14.8 Å². The minimum Gasteiger partial charge on any atom is -0.444 e. The summed E-state index contributed by atoms with van der Waals surface area (Å²) in [5, 5.41) is 6.29. The van der Waals surface area contributed by atoms with E-state index in [0.29, 0.717) is 6.04 Å². The predicted octanol–water partition coefficient (Wildman–Crippen LogP) is 3.55. The smallest absolute Gasteiger partial charge is 0.412 e. The first-order chi connectivity index (χ1) is 10.9. The van der Waals surface area contributed by atoms with Crippen LogP contribution in [0.15, 0.2) is 24.3 Å². The first-order valence-corrected chi connectivity index (χ1v) is 8.18. The summed E-state index contributed by atoms with van der Waals surface area (Å²) in [6, 6.07) is 8.24. The van der Waals surface area contributed by atoms with Gasteiger partial charge in [-0.3, -0.25) is 5.32 Å². The Morgan fingerprint density at radius 3 is 2.43 bits per heavy atom. The molecule has 1 unspecified atom stereocenters. The number of hydrogen-bond acceptors (Lipinski definition) is 4. The summed E-state index contributed by atoms with van der Waals surface area (Å²) in [6.07, 6.45) is 2.15. The van der Waals surface area contributed by atoms with Crippen LogP contribution in [-0.4, -0.2) is 31.5 Å². The molecule has 0 saturated heterocycles. The van der Waals surface area contributed by atoms with E-state index in [1.54, 1.807) is 7.11 Å². The maximum atomic E-state index is 11.7. The van der Waals surface area contributed by atoms with Gasteiger partial charge in [0.25, 0.3) is 0 Å². The topological polar surface area (TPSA) is 59.6 Å². The van der Waals surface area contributed by atoms with Crippen molar-refractivity contribution in [2.45, 2.75) is 51.8 Å². The zero-order valence-corrected chi connectivity index (χ0v) is 14.5. The molecule has 0 spiro atoms. The Morgan fingerprint density at radius 1 is 1.26 bits per heavy atom. The molecule has 1 aliphatic carbocycles. The Labute approximate surface area is 138 Å². The number of amides is 1. The summed E-state index contributed by atoms with van der Waals surface area (Å²) < 4.78 is 10.5. The van der Waals surface area contributed by atoms with E-state index in [9.17, 15) is 4.79 Å². The van der Waals surface area contributed by atoms with E-state index in [0.717, 1.165) is 24.8 Å². The van der Waals surface area contributed by atoms with Gasteiger partial charge in [-0.1, -0.05) is 12.1 Å². The number of methoxy groups -OCH3 is 1. The lowest BCUT2D eigenvalue weighted by molar-refractivity contribution is 0.0636. The molecule has 23 heavy (non-hydrogen) atoms. The van der Waals surface area contributed by atoms with Crippen LogP contribution in [0.3, 0.4) is 0 Å². The first-order valence-electron chi connectivity index (χ1n) is 8.18. The lowest BCUT2D eigenvalue weighted by atomic mass is 10.1. The van der Waals surface area contributed by atoms with Crippen molar-refractivity contribution in [3.63, 3.8) is 0 Å². The highest BCUT2D eigenvalue weighted by Gasteiger charge is 2.30. The minimum absolute atomic E-state index is 0.430. The number of hydrogen-bond donors (Lipinski definition) is 2. The molecule has 1 fully saturated rings. The van der Waals surface area contributed by atoms with Gasteiger partial charge in [0, 0.05) is 25.4 Å². The second-order valence-electron chi connectivity index (χ2n) is 7.10. The van der Waals surface area contributed by atoms with Crippen LogP contribution in [0.5, 0.6) is 0 Å². The van der Waals surface area contributed by atoms with E-state index in [1.165, 1.54) is 18.4 Å². The standard InChI is InChI=1S/C18H28N2O3/c1-18(2,3)23-17(21)20-15-9-5-13(6-10-15)11-19-16(12-22-4)14-7-8-14/h5-6,9-10,14,16,19H,7-8,11-12H2,1-4H3,(H,20,21). The van der Waals surface area contributed by atoms with Crippen molar-refractivity contribution in [1.82, 2.24) is 5.32 Å². The molecule has 1 saturated carbocycles. The summed E-state index contributed by atoms with van der Waals surface area (Å²) in [5.41, 5.74) is 1.42. The van der Waals surface area contributed by atoms with Crippen LogP contribution in [0.25, 0.3) is 0 Å². The quantitative estimate of drug-likeness (QED) is 0.806. The van der Waals surface area contributed by atoms with Crippen LogP contribution in [0.2, 0.25) is 0 Å². The van der Waals surface area contributed by atoms with Gasteiger partial charge in [-0.25, -0.2) is 4.79 Å². The maximum absolute atomic E-state index is 11.7. The van der Waals surface area contributed by atoms with Crippen LogP contribution in [0.4, 0.5) is 10.5 Å². The molecular weight excluding hydrogens is 292 g/mol. The predicted molar refractivity (Wildman–Crippen MR) is 91.5 cm³/mol. The van der Waals surface area contributed by atoms with Crippen LogP contribution < -0.4 is 10.6 Å². The molecule has 1 atom stereocenters. The molecule has 5 nitrogen and oxygen atoms in total. The highest BCUT2D eigenvalue weighted by molar-refractivity contribution is 5.84. The third-order valence-corrected chi connectivity index (χ3v) is 3.70. The average Bonchev–Trinajstić information content (AvgIpc) is 3.27. The highest BCUT2D eigenvalue weighted by Crippen LogP contribution is 2.32. The van der Waals surface area contributed by atoms with Crippen molar-refractivity contribution in [3.8, 4) is 0 Å². The molecular formula is C18H28N2O3. The van der Waals surface area contributed by atoms with E-state index in [2.05, 4.69) is 10.6 Å². The molecule has 0 aromatic heterocycles. The lowest BCUT2D eigenvalue weighted by Gasteiger charge is -2.20. The third kappa shape index (κ3) is 6.59. The Hall–Kier alpha value is -1.59. The molecule has 2 N–H and O–H groups in total. The zero-order valence-electron chi connectivity index (χ0n) is 14.5. The molecule has 1 aliphatic rings. The van der Waals surface area contributed by atoms with Crippen molar-refractivity contribution < 1.29 is 14.3 Å². The summed E-state index contributed by atoms with van der Waals surface area (Å²) in [5.74, 6) is 0.753. The number of nitrogens with one attached hydrogen (secondary N) is 2. The van der Waals surface area contributed by atoms with Gasteiger partial charge in [0.15, 0.2) is 0 Å². The third-order valence-electron chi connectivity index (χ3n) is 3.70. The van der Waals surface area contributed by atoms with Gasteiger partial charge in [0.1, 0.15) is 5.60 Å². The van der Waals surface area contributed by atoms with Gasteiger partial charge >= 0.3 is 6.09 Å². The van der Waals surface area contributed by atoms with E-state index in [4.69, 9.17) is 9.47 Å². The maximum Gasteiger partial charge on any atom is 0.412 e. The van der Waals surface area contributed by atoms with E-state index in [-0.39, 0.29) is 0 Å².